The molecule has 4 heteroatoms. The number of ketones is 1. The quantitative estimate of drug-likeness (QED) is 0.512. The van der Waals surface area contributed by atoms with Crippen molar-refractivity contribution >= 4 is 11.7 Å². The highest BCUT2D eigenvalue weighted by Crippen LogP contribution is 2.15. The number of piperidine rings is 1. The second kappa shape index (κ2) is 2.86. The Balaban J connectivity index is 2.03. The molecule has 12 heavy (non-hydrogen) atoms. The summed E-state index contributed by atoms with van der Waals surface area (Å²) in [4.78, 5) is 24.0. The lowest BCUT2D eigenvalue weighted by molar-refractivity contribution is -0.130. The zero-order valence-corrected chi connectivity index (χ0v) is 6.88. The summed E-state index contributed by atoms with van der Waals surface area (Å²) in [6.45, 7) is 1.58. The minimum atomic E-state index is 0.0425. The molecule has 4 nitrogen and oxygen atoms in total. The predicted molar refractivity (Wildman–Crippen MR) is 42.6 cm³/mol. The van der Waals surface area contributed by atoms with Crippen LogP contribution < -0.4 is 5.32 Å². The Morgan fingerprint density at radius 3 is 3.00 bits per heavy atom. The van der Waals surface area contributed by atoms with Crippen molar-refractivity contribution in [3.8, 4) is 0 Å². The van der Waals surface area contributed by atoms with Gasteiger partial charge in [0.05, 0.1) is 13.1 Å². The summed E-state index contributed by atoms with van der Waals surface area (Å²) in [6.07, 6.45) is 1.58. The van der Waals surface area contributed by atoms with Crippen molar-refractivity contribution in [2.24, 2.45) is 0 Å². The number of carbonyl (C=O) groups excluding carboxylic acids is 2. The van der Waals surface area contributed by atoms with E-state index in [-0.39, 0.29) is 11.7 Å². The van der Waals surface area contributed by atoms with Crippen molar-refractivity contribution < 1.29 is 9.59 Å². The SMILES string of the molecule is O=C1CCC2CNC(=O)CN2C1. The van der Waals surface area contributed by atoms with E-state index in [1.807, 2.05) is 4.90 Å². The van der Waals surface area contributed by atoms with E-state index in [2.05, 4.69) is 5.32 Å². The molecule has 0 bridgehead atoms. The van der Waals surface area contributed by atoms with Gasteiger partial charge in [0.1, 0.15) is 5.78 Å². The number of carbonyl (C=O) groups is 2. The fraction of sp³-hybridized carbons (Fsp3) is 0.750. The van der Waals surface area contributed by atoms with Gasteiger partial charge in [-0.1, -0.05) is 0 Å². The number of nitrogens with one attached hydrogen (secondary N) is 1. The molecule has 2 fully saturated rings. The molecule has 0 saturated carbocycles. The van der Waals surface area contributed by atoms with Crippen LogP contribution >= 0.6 is 0 Å². The molecule has 1 unspecified atom stereocenters. The van der Waals surface area contributed by atoms with Gasteiger partial charge in [-0.2, -0.15) is 0 Å². The number of rotatable bonds is 0. The van der Waals surface area contributed by atoms with E-state index in [4.69, 9.17) is 0 Å². The molecular weight excluding hydrogens is 156 g/mol. The number of amides is 1. The van der Waals surface area contributed by atoms with Crippen molar-refractivity contribution in [3.63, 3.8) is 0 Å². The molecule has 66 valence electrons. The van der Waals surface area contributed by atoms with Gasteiger partial charge >= 0.3 is 0 Å². The Morgan fingerprint density at radius 2 is 2.17 bits per heavy atom. The minimum Gasteiger partial charge on any atom is -0.353 e. The molecule has 2 aliphatic rings. The van der Waals surface area contributed by atoms with Crippen LogP contribution in [0.5, 0.6) is 0 Å². The summed E-state index contributed by atoms with van der Waals surface area (Å²) in [7, 11) is 0. The highest BCUT2D eigenvalue weighted by atomic mass is 16.2. The summed E-state index contributed by atoms with van der Waals surface area (Å²) in [5.41, 5.74) is 0. The molecule has 1 N–H and O–H groups in total. The van der Waals surface area contributed by atoms with E-state index in [1.54, 1.807) is 0 Å². The van der Waals surface area contributed by atoms with Gasteiger partial charge in [0, 0.05) is 19.0 Å². The van der Waals surface area contributed by atoms with E-state index in [1.165, 1.54) is 0 Å². The summed E-state index contributed by atoms with van der Waals surface area (Å²) >= 11 is 0. The first-order chi connectivity index (χ1) is 5.75. The summed E-state index contributed by atoms with van der Waals surface area (Å²) in [5.74, 6) is 0.307. The molecule has 0 aromatic heterocycles. The van der Waals surface area contributed by atoms with Crippen LogP contribution in [0, 0.1) is 0 Å². The number of hydrogen-bond acceptors (Lipinski definition) is 3. The van der Waals surface area contributed by atoms with Gasteiger partial charge in [0.2, 0.25) is 5.91 Å². The number of fused-ring (bicyclic) bond motifs is 1. The van der Waals surface area contributed by atoms with E-state index in [0.717, 1.165) is 6.42 Å². The van der Waals surface area contributed by atoms with Gasteiger partial charge in [-0.3, -0.25) is 14.5 Å². The maximum atomic E-state index is 11.1. The molecular formula is C8H12N2O2. The van der Waals surface area contributed by atoms with Crippen LogP contribution in [0.15, 0.2) is 0 Å². The van der Waals surface area contributed by atoms with Gasteiger partial charge in [-0.25, -0.2) is 0 Å². The molecule has 0 radical (unpaired) electrons. The van der Waals surface area contributed by atoms with Crippen LogP contribution in [0.1, 0.15) is 12.8 Å². The normalized spacial score (nSPS) is 31.2. The van der Waals surface area contributed by atoms with Gasteiger partial charge in [-0.15, -0.1) is 0 Å². The van der Waals surface area contributed by atoms with Gasteiger partial charge < -0.3 is 5.32 Å². The van der Waals surface area contributed by atoms with Gasteiger partial charge in [0.15, 0.2) is 0 Å². The van der Waals surface area contributed by atoms with E-state index in [0.29, 0.717) is 32.1 Å². The molecule has 0 spiro atoms. The van der Waals surface area contributed by atoms with E-state index >= 15 is 0 Å². The molecule has 1 atom stereocenters. The maximum absolute atomic E-state index is 11.1. The Kier molecular flexibility index (Phi) is 1.84. The van der Waals surface area contributed by atoms with Crippen molar-refractivity contribution in [3.05, 3.63) is 0 Å². The third-order valence-electron chi connectivity index (χ3n) is 2.53. The summed E-state index contributed by atoms with van der Waals surface area (Å²) < 4.78 is 0. The number of piperazine rings is 1. The fourth-order valence-corrected chi connectivity index (χ4v) is 1.83. The summed E-state index contributed by atoms with van der Waals surface area (Å²) in [5, 5.41) is 2.80. The lowest BCUT2D eigenvalue weighted by Gasteiger charge is -2.37. The van der Waals surface area contributed by atoms with Crippen LogP contribution in [-0.4, -0.2) is 42.3 Å². The molecule has 0 aromatic carbocycles. The smallest absolute Gasteiger partial charge is 0.234 e. The average molecular weight is 168 g/mol. The van der Waals surface area contributed by atoms with Crippen molar-refractivity contribution in [2.75, 3.05) is 19.6 Å². The molecule has 2 aliphatic heterocycles. The van der Waals surface area contributed by atoms with Crippen LogP contribution in [0.4, 0.5) is 0 Å². The molecule has 0 aromatic rings. The van der Waals surface area contributed by atoms with Crippen LogP contribution in [0.25, 0.3) is 0 Å². The fourth-order valence-electron chi connectivity index (χ4n) is 1.83. The zero-order valence-electron chi connectivity index (χ0n) is 6.88. The Hall–Kier alpha value is -0.900. The Labute approximate surface area is 70.9 Å². The third-order valence-corrected chi connectivity index (χ3v) is 2.53. The van der Waals surface area contributed by atoms with Crippen LogP contribution in [0.2, 0.25) is 0 Å². The van der Waals surface area contributed by atoms with Crippen molar-refractivity contribution in [1.29, 1.82) is 0 Å². The maximum Gasteiger partial charge on any atom is 0.234 e. The monoisotopic (exact) mass is 168 g/mol. The van der Waals surface area contributed by atoms with E-state index in [9.17, 15) is 9.59 Å². The Morgan fingerprint density at radius 1 is 1.33 bits per heavy atom. The number of hydrogen-bond donors (Lipinski definition) is 1. The lowest BCUT2D eigenvalue weighted by Crippen LogP contribution is -2.57. The lowest BCUT2D eigenvalue weighted by atomic mass is 9.99. The van der Waals surface area contributed by atoms with Crippen LogP contribution in [0.3, 0.4) is 0 Å². The van der Waals surface area contributed by atoms with Crippen LogP contribution in [-0.2, 0) is 9.59 Å². The standard InChI is InChI=1S/C8H12N2O2/c11-7-2-1-6-3-9-8(12)5-10(6)4-7/h6H,1-5H2,(H,9,12). The second-order valence-corrected chi connectivity index (χ2v) is 3.44. The molecule has 2 rings (SSSR count). The predicted octanol–water partition coefficient (Wildman–Crippen LogP) is -0.850. The minimum absolute atomic E-state index is 0.0425. The molecule has 1 amide bonds. The van der Waals surface area contributed by atoms with Gasteiger partial charge in [0.25, 0.3) is 0 Å². The first-order valence-electron chi connectivity index (χ1n) is 4.28. The topological polar surface area (TPSA) is 49.4 Å². The highest BCUT2D eigenvalue weighted by Gasteiger charge is 2.31. The first kappa shape index (κ1) is 7.73. The molecule has 2 saturated heterocycles. The molecule has 0 aliphatic carbocycles. The second-order valence-electron chi connectivity index (χ2n) is 3.44. The number of nitrogens with zero attached hydrogens (tertiary/aromatic N) is 1. The van der Waals surface area contributed by atoms with Crippen molar-refractivity contribution in [2.45, 2.75) is 18.9 Å². The van der Waals surface area contributed by atoms with Crippen molar-refractivity contribution in [1.82, 2.24) is 10.2 Å². The molecule has 2 heterocycles. The summed E-state index contributed by atoms with van der Waals surface area (Å²) in [6, 6.07) is 0.403. The van der Waals surface area contributed by atoms with Gasteiger partial charge in [-0.05, 0) is 6.42 Å². The zero-order chi connectivity index (χ0) is 8.55. The largest absolute Gasteiger partial charge is 0.353 e. The number of Topliss-reactive ketones (excluding diaryl/α,β-unsaturated/α-hetero) is 1. The average Bonchev–Trinajstić information content (AvgIpc) is 2.03. The third kappa shape index (κ3) is 1.34. The Bertz CT molecular complexity index is 205. The first-order valence-corrected chi connectivity index (χ1v) is 4.28. The highest BCUT2D eigenvalue weighted by molar-refractivity contribution is 5.84. The van der Waals surface area contributed by atoms with E-state index < -0.39 is 0 Å².